The van der Waals surface area contributed by atoms with E-state index < -0.39 is 0 Å². The second-order valence-electron chi connectivity index (χ2n) is 4.77. The summed E-state index contributed by atoms with van der Waals surface area (Å²) in [6, 6.07) is 10.1. The predicted octanol–water partition coefficient (Wildman–Crippen LogP) is 1.93. The summed E-state index contributed by atoms with van der Waals surface area (Å²) in [7, 11) is 0. The summed E-state index contributed by atoms with van der Waals surface area (Å²) in [5.74, 6) is 0. The Morgan fingerprint density at radius 3 is 2.40 bits per heavy atom. The maximum atomic E-state index is 5.33. The van der Waals surface area contributed by atoms with Crippen LogP contribution in [0.5, 0.6) is 0 Å². The van der Waals surface area contributed by atoms with Gasteiger partial charge in [0.1, 0.15) is 0 Å². The van der Waals surface area contributed by atoms with Crippen molar-refractivity contribution in [3.05, 3.63) is 35.9 Å². The van der Waals surface area contributed by atoms with E-state index in [9.17, 15) is 0 Å². The van der Waals surface area contributed by atoms with Crippen LogP contribution in [0, 0.1) is 0 Å². The summed E-state index contributed by atoms with van der Waals surface area (Å²) >= 11 is 10.5. The van der Waals surface area contributed by atoms with E-state index >= 15 is 0 Å². The van der Waals surface area contributed by atoms with Gasteiger partial charge in [0.15, 0.2) is 10.2 Å². The molecule has 2 rings (SSSR count). The molecule has 4 nitrogen and oxygen atoms in total. The van der Waals surface area contributed by atoms with E-state index in [-0.39, 0.29) is 0 Å². The van der Waals surface area contributed by atoms with Crippen LogP contribution in [-0.2, 0) is 6.54 Å². The van der Waals surface area contributed by atoms with Gasteiger partial charge in [0.05, 0.1) is 0 Å². The Morgan fingerprint density at radius 2 is 1.70 bits per heavy atom. The van der Waals surface area contributed by atoms with Crippen LogP contribution in [0.1, 0.15) is 24.8 Å². The van der Waals surface area contributed by atoms with Gasteiger partial charge in [0.25, 0.3) is 0 Å². The van der Waals surface area contributed by atoms with Crippen molar-refractivity contribution >= 4 is 34.7 Å². The highest BCUT2D eigenvalue weighted by atomic mass is 32.1. The van der Waals surface area contributed by atoms with Gasteiger partial charge in [0, 0.05) is 19.6 Å². The van der Waals surface area contributed by atoms with Crippen molar-refractivity contribution in [2.45, 2.75) is 25.8 Å². The van der Waals surface area contributed by atoms with E-state index in [2.05, 4.69) is 33.2 Å². The standard InChI is InChI=1S/C14H20N4S2/c19-13(15-11-12-7-3-1-4-8-12)16-17-14(20)18-9-5-2-6-10-18/h1,3-4,7-8H,2,5-6,9-11H2,(H,17,20)(H2,15,16,19). The van der Waals surface area contributed by atoms with Crippen LogP contribution in [0.4, 0.5) is 0 Å². The molecule has 1 aliphatic heterocycles. The van der Waals surface area contributed by atoms with E-state index in [0.717, 1.165) is 13.1 Å². The Hall–Kier alpha value is -1.40. The minimum atomic E-state index is 0.549. The number of hydrogen-bond acceptors (Lipinski definition) is 2. The molecule has 0 radical (unpaired) electrons. The number of thiocarbonyl (C=S) groups is 2. The molecule has 3 N–H and O–H groups in total. The molecule has 0 aliphatic carbocycles. The van der Waals surface area contributed by atoms with Crippen molar-refractivity contribution in [2.75, 3.05) is 13.1 Å². The number of piperidine rings is 1. The molecule has 20 heavy (non-hydrogen) atoms. The lowest BCUT2D eigenvalue weighted by Crippen LogP contribution is -2.52. The Kier molecular flexibility index (Phi) is 6.01. The van der Waals surface area contributed by atoms with E-state index in [0.29, 0.717) is 16.8 Å². The minimum absolute atomic E-state index is 0.549. The second-order valence-corrected chi connectivity index (χ2v) is 5.57. The predicted molar refractivity (Wildman–Crippen MR) is 90.2 cm³/mol. The molecule has 0 bridgehead atoms. The smallest absolute Gasteiger partial charge is 0.187 e. The highest BCUT2D eigenvalue weighted by Crippen LogP contribution is 2.08. The van der Waals surface area contributed by atoms with Crippen LogP contribution in [0.25, 0.3) is 0 Å². The summed E-state index contributed by atoms with van der Waals surface area (Å²) in [5, 5.41) is 4.40. The van der Waals surface area contributed by atoms with Crippen molar-refractivity contribution < 1.29 is 0 Å². The van der Waals surface area contributed by atoms with Gasteiger partial charge in [-0.15, -0.1) is 0 Å². The van der Waals surface area contributed by atoms with Crippen LogP contribution in [0.2, 0.25) is 0 Å². The fraction of sp³-hybridized carbons (Fsp3) is 0.429. The summed E-state index contributed by atoms with van der Waals surface area (Å²) in [6.07, 6.45) is 3.71. The molecule has 1 aromatic rings. The fourth-order valence-electron chi connectivity index (χ4n) is 2.11. The van der Waals surface area contributed by atoms with Crippen molar-refractivity contribution in [3.8, 4) is 0 Å². The van der Waals surface area contributed by atoms with Crippen LogP contribution in [0.15, 0.2) is 30.3 Å². The quantitative estimate of drug-likeness (QED) is 0.573. The van der Waals surface area contributed by atoms with Gasteiger partial charge >= 0.3 is 0 Å². The zero-order valence-electron chi connectivity index (χ0n) is 11.4. The maximum absolute atomic E-state index is 5.33. The van der Waals surface area contributed by atoms with Crippen LogP contribution in [0.3, 0.4) is 0 Å². The summed E-state index contributed by atoms with van der Waals surface area (Å²) < 4.78 is 0. The van der Waals surface area contributed by atoms with Crippen LogP contribution in [-0.4, -0.2) is 28.2 Å². The molecular formula is C14H20N4S2. The number of hydrogen-bond donors (Lipinski definition) is 3. The van der Waals surface area contributed by atoms with Gasteiger partial charge in [-0.1, -0.05) is 30.3 Å². The first-order valence-electron chi connectivity index (χ1n) is 6.88. The van der Waals surface area contributed by atoms with Crippen molar-refractivity contribution in [2.24, 2.45) is 0 Å². The molecule has 0 atom stereocenters. The molecule has 1 saturated heterocycles. The maximum Gasteiger partial charge on any atom is 0.187 e. The molecule has 1 aliphatic rings. The Bertz CT molecular complexity index is 444. The van der Waals surface area contributed by atoms with Crippen molar-refractivity contribution in [1.82, 2.24) is 21.1 Å². The SMILES string of the molecule is S=C(NCc1ccccc1)NNC(=S)N1CCCCC1. The Balaban J connectivity index is 1.65. The third-order valence-electron chi connectivity index (χ3n) is 3.22. The van der Waals surface area contributed by atoms with E-state index in [1.807, 2.05) is 18.2 Å². The van der Waals surface area contributed by atoms with Gasteiger partial charge in [-0.25, -0.2) is 0 Å². The molecular weight excluding hydrogens is 288 g/mol. The lowest BCUT2D eigenvalue weighted by Gasteiger charge is -2.29. The normalized spacial score (nSPS) is 14.5. The zero-order valence-corrected chi connectivity index (χ0v) is 13.0. The molecule has 108 valence electrons. The molecule has 1 fully saturated rings. The number of nitrogens with one attached hydrogen (secondary N) is 3. The number of rotatable bonds is 2. The molecule has 6 heteroatoms. The highest BCUT2D eigenvalue weighted by Gasteiger charge is 2.12. The van der Waals surface area contributed by atoms with Gasteiger partial charge in [-0.05, 0) is 49.3 Å². The number of benzene rings is 1. The topological polar surface area (TPSA) is 39.3 Å². The largest absolute Gasteiger partial charge is 0.357 e. The number of hydrazine groups is 1. The Morgan fingerprint density at radius 1 is 1.00 bits per heavy atom. The number of likely N-dealkylation sites (tertiary alicyclic amines) is 1. The Labute approximate surface area is 130 Å². The lowest BCUT2D eigenvalue weighted by molar-refractivity contribution is 0.336. The van der Waals surface area contributed by atoms with Gasteiger partial charge in [-0.2, -0.15) is 0 Å². The third kappa shape index (κ3) is 4.94. The highest BCUT2D eigenvalue weighted by molar-refractivity contribution is 7.80. The molecule has 0 spiro atoms. The molecule has 0 unspecified atom stereocenters. The van der Waals surface area contributed by atoms with Crippen molar-refractivity contribution in [3.63, 3.8) is 0 Å². The summed E-state index contributed by atoms with van der Waals surface area (Å²) in [6.45, 7) is 2.75. The molecule has 0 aromatic heterocycles. The first kappa shape index (κ1) is 15.0. The minimum Gasteiger partial charge on any atom is -0.357 e. The zero-order chi connectivity index (χ0) is 14.2. The number of nitrogens with zero attached hydrogens (tertiary/aromatic N) is 1. The molecule has 0 amide bonds. The first-order valence-corrected chi connectivity index (χ1v) is 7.70. The van der Waals surface area contributed by atoms with Crippen LogP contribution < -0.4 is 16.2 Å². The van der Waals surface area contributed by atoms with E-state index in [1.54, 1.807) is 0 Å². The van der Waals surface area contributed by atoms with Crippen LogP contribution >= 0.6 is 24.4 Å². The fourth-order valence-corrected chi connectivity index (χ4v) is 2.47. The van der Waals surface area contributed by atoms with Gasteiger partial charge < -0.3 is 10.2 Å². The van der Waals surface area contributed by atoms with Crippen molar-refractivity contribution in [1.29, 1.82) is 0 Å². The second kappa shape index (κ2) is 8.01. The molecule has 1 aromatic carbocycles. The summed E-state index contributed by atoms with van der Waals surface area (Å²) in [5.41, 5.74) is 7.12. The van der Waals surface area contributed by atoms with Gasteiger partial charge in [-0.3, -0.25) is 10.9 Å². The van der Waals surface area contributed by atoms with Gasteiger partial charge in [0.2, 0.25) is 0 Å². The van der Waals surface area contributed by atoms with E-state index in [4.69, 9.17) is 24.4 Å². The molecule has 1 heterocycles. The summed E-state index contributed by atoms with van der Waals surface area (Å²) in [4.78, 5) is 2.17. The average molecular weight is 308 g/mol. The lowest BCUT2D eigenvalue weighted by atomic mass is 10.1. The molecule has 0 saturated carbocycles. The first-order chi connectivity index (χ1) is 9.75. The monoisotopic (exact) mass is 308 g/mol. The average Bonchev–Trinajstić information content (AvgIpc) is 2.52. The van der Waals surface area contributed by atoms with E-state index in [1.165, 1.54) is 24.8 Å². The third-order valence-corrected chi connectivity index (χ3v) is 3.83.